The van der Waals surface area contributed by atoms with Crippen molar-refractivity contribution in [3.63, 3.8) is 0 Å². The number of Topliss-reactive ketones (excluding diaryl/α,β-unsaturated/α-hetero) is 1. The zero-order valence-corrected chi connectivity index (χ0v) is 9.20. The Bertz CT molecular complexity index is 398. The molecule has 2 aliphatic rings. The van der Waals surface area contributed by atoms with Crippen LogP contribution < -0.4 is 10.6 Å². The first-order valence-electron chi connectivity index (χ1n) is 5.90. The molecule has 3 heteroatoms. The summed E-state index contributed by atoms with van der Waals surface area (Å²) in [5.41, 5.74) is 0.875. The Morgan fingerprint density at radius 1 is 1.19 bits per heavy atom. The maximum Gasteiger partial charge on any atom is 0.181 e. The van der Waals surface area contributed by atoms with Gasteiger partial charge in [-0.25, -0.2) is 0 Å². The van der Waals surface area contributed by atoms with Crippen molar-refractivity contribution in [2.45, 2.75) is 24.4 Å². The van der Waals surface area contributed by atoms with E-state index in [0.717, 1.165) is 31.5 Å². The molecule has 0 amide bonds. The van der Waals surface area contributed by atoms with E-state index in [0.29, 0.717) is 0 Å². The highest BCUT2D eigenvalue weighted by atomic mass is 16.1. The number of ketones is 1. The number of rotatable bonds is 2. The Hall–Kier alpha value is -1.19. The fourth-order valence-electron chi connectivity index (χ4n) is 2.54. The number of carbonyl (C=O) groups is 1. The molecule has 1 aromatic carbocycles. The zero-order chi connectivity index (χ0) is 11.0. The summed E-state index contributed by atoms with van der Waals surface area (Å²) in [6.07, 6.45) is 2.23. The molecule has 1 atom stereocenters. The van der Waals surface area contributed by atoms with E-state index in [1.807, 2.05) is 30.3 Å². The second kappa shape index (κ2) is 3.68. The van der Waals surface area contributed by atoms with Crippen LogP contribution in [0.4, 0.5) is 0 Å². The van der Waals surface area contributed by atoms with Gasteiger partial charge < -0.3 is 10.6 Å². The van der Waals surface area contributed by atoms with E-state index in [-0.39, 0.29) is 17.4 Å². The quantitative estimate of drug-likeness (QED) is 0.724. The van der Waals surface area contributed by atoms with Crippen molar-refractivity contribution in [2.75, 3.05) is 13.1 Å². The number of hydrogen-bond donors (Lipinski definition) is 2. The van der Waals surface area contributed by atoms with Gasteiger partial charge in [0.05, 0.1) is 6.04 Å². The standard InChI is InChI=1S/C13H16N2O/c16-11(10-4-2-1-3-5-10)12-13(6-7-13)15-9-8-14-12/h1-5,12,14-15H,6-9H2. The molecular weight excluding hydrogens is 200 g/mol. The van der Waals surface area contributed by atoms with E-state index < -0.39 is 0 Å². The average molecular weight is 216 g/mol. The van der Waals surface area contributed by atoms with Crippen LogP contribution >= 0.6 is 0 Å². The van der Waals surface area contributed by atoms with Gasteiger partial charge in [0.1, 0.15) is 0 Å². The first kappa shape index (κ1) is 10.00. The Kier molecular flexibility index (Phi) is 2.30. The Morgan fingerprint density at radius 2 is 1.94 bits per heavy atom. The largest absolute Gasteiger partial charge is 0.308 e. The molecule has 1 aromatic rings. The summed E-state index contributed by atoms with van der Waals surface area (Å²) in [5, 5.41) is 6.84. The summed E-state index contributed by atoms with van der Waals surface area (Å²) in [7, 11) is 0. The van der Waals surface area contributed by atoms with Crippen LogP contribution in [0.15, 0.2) is 30.3 Å². The molecule has 1 unspecified atom stereocenters. The minimum absolute atomic E-state index is 0.0383. The van der Waals surface area contributed by atoms with Crippen molar-refractivity contribution in [3.05, 3.63) is 35.9 Å². The minimum atomic E-state index is -0.0383. The molecule has 84 valence electrons. The van der Waals surface area contributed by atoms with E-state index in [1.54, 1.807) is 0 Å². The molecule has 0 radical (unpaired) electrons. The second-order valence-corrected chi connectivity index (χ2v) is 4.70. The van der Waals surface area contributed by atoms with Crippen LogP contribution in [0.1, 0.15) is 23.2 Å². The molecule has 1 aliphatic carbocycles. The lowest BCUT2D eigenvalue weighted by atomic mass is 9.94. The second-order valence-electron chi connectivity index (χ2n) is 4.70. The highest BCUT2D eigenvalue weighted by molar-refractivity contribution is 6.01. The van der Waals surface area contributed by atoms with Gasteiger partial charge in [-0.1, -0.05) is 30.3 Å². The van der Waals surface area contributed by atoms with Gasteiger partial charge in [-0.05, 0) is 12.8 Å². The lowest BCUT2D eigenvalue weighted by Gasteiger charge is -2.33. The van der Waals surface area contributed by atoms with Gasteiger partial charge in [-0.15, -0.1) is 0 Å². The monoisotopic (exact) mass is 216 g/mol. The fourth-order valence-corrected chi connectivity index (χ4v) is 2.54. The van der Waals surface area contributed by atoms with Crippen LogP contribution in [0.2, 0.25) is 0 Å². The predicted octanol–water partition coefficient (Wildman–Crippen LogP) is 0.963. The van der Waals surface area contributed by atoms with Crippen molar-refractivity contribution in [2.24, 2.45) is 0 Å². The van der Waals surface area contributed by atoms with Crippen LogP contribution in [0.25, 0.3) is 0 Å². The highest BCUT2D eigenvalue weighted by Gasteiger charge is 2.53. The first-order chi connectivity index (χ1) is 7.82. The molecule has 16 heavy (non-hydrogen) atoms. The van der Waals surface area contributed by atoms with Crippen molar-refractivity contribution >= 4 is 5.78 Å². The summed E-state index contributed by atoms with van der Waals surface area (Å²) in [6.45, 7) is 1.85. The predicted molar refractivity (Wildman–Crippen MR) is 62.5 cm³/mol. The molecule has 1 saturated heterocycles. The van der Waals surface area contributed by atoms with Crippen molar-refractivity contribution in [1.29, 1.82) is 0 Å². The molecule has 0 bridgehead atoms. The zero-order valence-electron chi connectivity index (χ0n) is 9.20. The maximum atomic E-state index is 12.4. The number of benzene rings is 1. The van der Waals surface area contributed by atoms with Gasteiger partial charge in [0, 0.05) is 24.2 Å². The Labute approximate surface area is 95.2 Å². The summed E-state index contributed by atoms with van der Waals surface area (Å²) in [4.78, 5) is 12.4. The summed E-state index contributed by atoms with van der Waals surface area (Å²) in [6, 6.07) is 9.54. The van der Waals surface area contributed by atoms with Gasteiger partial charge in [0.15, 0.2) is 5.78 Å². The maximum absolute atomic E-state index is 12.4. The topological polar surface area (TPSA) is 41.1 Å². The lowest BCUT2D eigenvalue weighted by Crippen LogP contribution is -2.61. The molecule has 1 saturated carbocycles. The van der Waals surface area contributed by atoms with E-state index in [9.17, 15) is 4.79 Å². The first-order valence-corrected chi connectivity index (χ1v) is 5.90. The molecule has 0 aromatic heterocycles. The number of hydrogen-bond acceptors (Lipinski definition) is 3. The van der Waals surface area contributed by atoms with Gasteiger partial charge >= 0.3 is 0 Å². The summed E-state index contributed by atoms with van der Waals surface area (Å²) < 4.78 is 0. The summed E-state index contributed by atoms with van der Waals surface area (Å²) in [5.74, 6) is 0.227. The molecule has 1 spiro atoms. The molecule has 1 aliphatic heterocycles. The molecular formula is C13H16N2O. The smallest absolute Gasteiger partial charge is 0.181 e. The molecule has 3 nitrogen and oxygen atoms in total. The van der Waals surface area contributed by atoms with Crippen LogP contribution in [0, 0.1) is 0 Å². The Balaban J connectivity index is 1.84. The van der Waals surface area contributed by atoms with Gasteiger partial charge in [0.2, 0.25) is 0 Å². The summed E-state index contributed by atoms with van der Waals surface area (Å²) >= 11 is 0. The lowest BCUT2D eigenvalue weighted by molar-refractivity contribution is 0.0896. The third kappa shape index (κ3) is 1.56. The third-order valence-electron chi connectivity index (χ3n) is 3.61. The van der Waals surface area contributed by atoms with Crippen LogP contribution in [-0.2, 0) is 0 Å². The van der Waals surface area contributed by atoms with Gasteiger partial charge in [0.25, 0.3) is 0 Å². The van der Waals surface area contributed by atoms with E-state index in [1.165, 1.54) is 0 Å². The molecule has 2 N–H and O–H groups in total. The van der Waals surface area contributed by atoms with Crippen LogP contribution in [0.3, 0.4) is 0 Å². The van der Waals surface area contributed by atoms with Crippen molar-refractivity contribution in [3.8, 4) is 0 Å². The number of nitrogens with one attached hydrogen (secondary N) is 2. The van der Waals surface area contributed by atoms with E-state index in [2.05, 4.69) is 10.6 Å². The van der Waals surface area contributed by atoms with Crippen molar-refractivity contribution in [1.82, 2.24) is 10.6 Å². The normalized spacial score (nSPS) is 26.6. The van der Waals surface area contributed by atoms with Crippen LogP contribution in [0.5, 0.6) is 0 Å². The fraction of sp³-hybridized carbons (Fsp3) is 0.462. The average Bonchev–Trinajstić information content (AvgIpc) is 3.10. The van der Waals surface area contributed by atoms with Gasteiger partial charge in [-0.3, -0.25) is 4.79 Å². The number of carbonyl (C=O) groups excluding carboxylic acids is 1. The van der Waals surface area contributed by atoms with Crippen molar-refractivity contribution < 1.29 is 4.79 Å². The van der Waals surface area contributed by atoms with E-state index in [4.69, 9.17) is 0 Å². The molecule has 3 rings (SSSR count). The third-order valence-corrected chi connectivity index (χ3v) is 3.61. The highest BCUT2D eigenvalue weighted by Crippen LogP contribution is 2.40. The van der Waals surface area contributed by atoms with Gasteiger partial charge in [-0.2, -0.15) is 0 Å². The van der Waals surface area contributed by atoms with E-state index >= 15 is 0 Å². The van der Waals surface area contributed by atoms with Crippen LogP contribution in [-0.4, -0.2) is 30.5 Å². The Morgan fingerprint density at radius 3 is 2.62 bits per heavy atom. The minimum Gasteiger partial charge on any atom is -0.308 e. The number of piperazine rings is 1. The molecule has 2 fully saturated rings. The molecule has 1 heterocycles. The SMILES string of the molecule is O=C(c1ccccc1)C1NCCNC12CC2.